The van der Waals surface area contributed by atoms with Crippen molar-refractivity contribution >= 4 is 17.5 Å². The van der Waals surface area contributed by atoms with E-state index in [1.807, 2.05) is 74.5 Å². The summed E-state index contributed by atoms with van der Waals surface area (Å²) in [5.41, 5.74) is 3.49. The topological polar surface area (TPSA) is 84.1 Å². The van der Waals surface area contributed by atoms with Crippen LogP contribution in [0.2, 0.25) is 0 Å². The molecule has 3 heterocycles. The van der Waals surface area contributed by atoms with Gasteiger partial charge in [-0.15, -0.1) is 5.10 Å². The molecule has 0 unspecified atom stereocenters. The normalized spacial score (nSPS) is 14.9. The van der Waals surface area contributed by atoms with Gasteiger partial charge in [0.15, 0.2) is 23.4 Å². The fourth-order valence-electron chi connectivity index (χ4n) is 3.93. The SMILES string of the molecule is Cc1cc(C(=O)CSc2nnnn2-c2ccccc2)c(C)n1C[C@@H]1COc2ccccc2O1. The number of hydrogen-bond donors (Lipinski definition) is 0. The Morgan fingerprint density at radius 2 is 1.85 bits per heavy atom. The van der Waals surface area contributed by atoms with Gasteiger partial charge in [-0.2, -0.15) is 4.68 Å². The molecule has 1 aliphatic heterocycles. The third-order valence-electron chi connectivity index (χ3n) is 5.60. The van der Waals surface area contributed by atoms with E-state index in [2.05, 4.69) is 20.1 Å². The summed E-state index contributed by atoms with van der Waals surface area (Å²) in [6.45, 7) is 5.05. The first-order chi connectivity index (χ1) is 16.1. The maximum atomic E-state index is 13.1. The third-order valence-corrected chi connectivity index (χ3v) is 6.52. The molecule has 1 aliphatic rings. The molecule has 168 valence electrons. The maximum Gasteiger partial charge on any atom is 0.214 e. The minimum absolute atomic E-state index is 0.0353. The van der Waals surface area contributed by atoms with Crippen LogP contribution in [0.4, 0.5) is 0 Å². The molecule has 0 radical (unpaired) electrons. The molecule has 0 saturated carbocycles. The Kier molecular flexibility index (Phi) is 5.87. The molecule has 0 saturated heterocycles. The molecular weight excluding hydrogens is 438 g/mol. The number of carbonyl (C=O) groups excluding carboxylic acids is 1. The van der Waals surface area contributed by atoms with Crippen molar-refractivity contribution in [3.8, 4) is 17.2 Å². The van der Waals surface area contributed by atoms with Crippen LogP contribution in [-0.4, -0.2) is 49.0 Å². The van der Waals surface area contributed by atoms with Crippen LogP contribution < -0.4 is 9.47 Å². The highest BCUT2D eigenvalue weighted by atomic mass is 32.2. The monoisotopic (exact) mass is 461 g/mol. The molecule has 9 heteroatoms. The smallest absolute Gasteiger partial charge is 0.214 e. The lowest BCUT2D eigenvalue weighted by molar-refractivity contribution is 0.0777. The Bertz CT molecular complexity index is 1280. The number of hydrogen-bond acceptors (Lipinski definition) is 7. The van der Waals surface area contributed by atoms with Crippen LogP contribution in [0.5, 0.6) is 11.5 Å². The summed E-state index contributed by atoms with van der Waals surface area (Å²) in [6.07, 6.45) is -0.127. The van der Waals surface area contributed by atoms with E-state index in [-0.39, 0.29) is 17.6 Å². The molecule has 1 atom stereocenters. The van der Waals surface area contributed by atoms with Gasteiger partial charge in [-0.25, -0.2) is 0 Å². The number of aryl methyl sites for hydroxylation is 1. The average molecular weight is 462 g/mol. The zero-order valence-corrected chi connectivity index (χ0v) is 19.2. The largest absolute Gasteiger partial charge is 0.486 e. The summed E-state index contributed by atoms with van der Waals surface area (Å²) in [6, 6.07) is 19.2. The van der Waals surface area contributed by atoms with Crippen LogP contribution in [-0.2, 0) is 6.54 Å². The van der Waals surface area contributed by atoms with E-state index in [1.165, 1.54) is 11.8 Å². The van der Waals surface area contributed by atoms with Gasteiger partial charge >= 0.3 is 0 Å². The average Bonchev–Trinajstić information content (AvgIpc) is 3.43. The van der Waals surface area contributed by atoms with Crippen molar-refractivity contribution in [2.45, 2.75) is 31.7 Å². The highest BCUT2D eigenvalue weighted by molar-refractivity contribution is 7.99. The number of ether oxygens (including phenoxy) is 2. The van der Waals surface area contributed by atoms with Gasteiger partial charge in [-0.3, -0.25) is 4.79 Å². The summed E-state index contributed by atoms with van der Waals surface area (Å²) in [7, 11) is 0. The van der Waals surface area contributed by atoms with Crippen molar-refractivity contribution in [2.24, 2.45) is 0 Å². The molecule has 0 fully saturated rings. The number of carbonyl (C=O) groups is 1. The van der Waals surface area contributed by atoms with Gasteiger partial charge in [0.05, 0.1) is 18.0 Å². The molecule has 0 N–H and O–H groups in total. The zero-order valence-electron chi connectivity index (χ0n) is 18.3. The number of para-hydroxylation sites is 3. The van der Waals surface area contributed by atoms with Crippen LogP contribution >= 0.6 is 11.8 Å². The van der Waals surface area contributed by atoms with Gasteiger partial charge in [0.1, 0.15) is 6.61 Å². The van der Waals surface area contributed by atoms with E-state index in [1.54, 1.807) is 4.68 Å². The number of nitrogens with zero attached hydrogens (tertiary/aromatic N) is 5. The lowest BCUT2D eigenvalue weighted by Crippen LogP contribution is -2.33. The number of benzene rings is 2. The van der Waals surface area contributed by atoms with Crippen LogP contribution in [0, 0.1) is 13.8 Å². The van der Waals surface area contributed by atoms with Gasteiger partial charge < -0.3 is 14.0 Å². The standard InChI is InChI=1S/C24H23N5O3S/c1-16-12-20(17(2)28(16)13-19-14-31-22-10-6-7-11-23(22)32-19)21(30)15-33-24-25-26-27-29(24)18-8-4-3-5-9-18/h3-12,19H,13-15H2,1-2H3/t19-/m1/s1. The van der Waals surface area contributed by atoms with Gasteiger partial charge in [0, 0.05) is 17.0 Å². The van der Waals surface area contributed by atoms with Gasteiger partial charge in [-0.05, 0) is 54.6 Å². The Morgan fingerprint density at radius 3 is 2.67 bits per heavy atom. The fourth-order valence-corrected chi connectivity index (χ4v) is 4.70. The van der Waals surface area contributed by atoms with Crippen molar-refractivity contribution in [1.82, 2.24) is 24.8 Å². The number of aromatic nitrogens is 5. The summed E-state index contributed by atoms with van der Waals surface area (Å²) >= 11 is 1.33. The highest BCUT2D eigenvalue weighted by Crippen LogP contribution is 2.32. The molecule has 0 amide bonds. The summed E-state index contributed by atoms with van der Waals surface area (Å²) in [4.78, 5) is 13.1. The number of tetrazole rings is 1. The van der Waals surface area contributed by atoms with Crippen molar-refractivity contribution in [1.29, 1.82) is 0 Å². The number of ketones is 1. The Hall–Kier alpha value is -3.59. The molecule has 5 rings (SSSR count). The van der Waals surface area contributed by atoms with E-state index in [0.29, 0.717) is 23.9 Å². The van der Waals surface area contributed by atoms with Gasteiger partial charge in [0.2, 0.25) is 5.16 Å². The maximum absolute atomic E-state index is 13.1. The van der Waals surface area contributed by atoms with Crippen molar-refractivity contribution in [3.63, 3.8) is 0 Å². The molecule has 0 aliphatic carbocycles. The predicted octanol–water partition coefficient (Wildman–Crippen LogP) is 3.90. The molecule has 4 aromatic rings. The molecule has 33 heavy (non-hydrogen) atoms. The minimum Gasteiger partial charge on any atom is -0.486 e. The number of Topliss-reactive ketones (excluding diaryl/α,β-unsaturated/α-hetero) is 1. The summed E-state index contributed by atoms with van der Waals surface area (Å²) in [5, 5.41) is 12.5. The van der Waals surface area contributed by atoms with E-state index in [4.69, 9.17) is 9.47 Å². The minimum atomic E-state index is -0.127. The summed E-state index contributed by atoms with van der Waals surface area (Å²) in [5.74, 6) is 1.79. The Morgan fingerprint density at radius 1 is 1.09 bits per heavy atom. The molecular formula is C24H23N5O3S. The van der Waals surface area contributed by atoms with Gasteiger partial charge in [-0.1, -0.05) is 42.1 Å². The van der Waals surface area contributed by atoms with Crippen LogP contribution in [0.3, 0.4) is 0 Å². The summed E-state index contributed by atoms with van der Waals surface area (Å²) < 4.78 is 15.7. The third kappa shape index (κ3) is 4.36. The lowest BCUT2D eigenvalue weighted by Gasteiger charge is -2.27. The molecule has 2 aromatic heterocycles. The van der Waals surface area contributed by atoms with Crippen molar-refractivity contribution in [3.05, 3.63) is 77.6 Å². The number of fused-ring (bicyclic) bond motifs is 1. The number of rotatable bonds is 7. The first kappa shape index (κ1) is 21.3. The highest BCUT2D eigenvalue weighted by Gasteiger charge is 2.24. The quantitative estimate of drug-likeness (QED) is 0.305. The second kappa shape index (κ2) is 9.11. The van der Waals surface area contributed by atoms with Crippen molar-refractivity contribution < 1.29 is 14.3 Å². The van der Waals surface area contributed by atoms with E-state index in [9.17, 15) is 4.79 Å². The molecule has 8 nitrogen and oxygen atoms in total. The second-order valence-electron chi connectivity index (χ2n) is 7.81. The first-order valence-corrected chi connectivity index (χ1v) is 11.6. The van der Waals surface area contributed by atoms with E-state index >= 15 is 0 Å². The molecule has 2 aromatic carbocycles. The zero-order chi connectivity index (χ0) is 22.8. The first-order valence-electron chi connectivity index (χ1n) is 10.6. The number of thioether (sulfide) groups is 1. The van der Waals surface area contributed by atoms with E-state index in [0.717, 1.165) is 28.6 Å². The fraction of sp³-hybridized carbons (Fsp3) is 0.250. The van der Waals surface area contributed by atoms with Crippen LogP contribution in [0.15, 0.2) is 65.8 Å². The van der Waals surface area contributed by atoms with E-state index < -0.39 is 0 Å². The van der Waals surface area contributed by atoms with Crippen molar-refractivity contribution in [2.75, 3.05) is 12.4 Å². The Balaban J connectivity index is 1.27. The Labute approximate surface area is 195 Å². The molecule has 0 spiro atoms. The van der Waals surface area contributed by atoms with Gasteiger partial charge in [0.25, 0.3) is 0 Å². The lowest BCUT2D eigenvalue weighted by atomic mass is 10.2. The van der Waals surface area contributed by atoms with Crippen LogP contribution in [0.25, 0.3) is 5.69 Å². The van der Waals surface area contributed by atoms with Crippen LogP contribution in [0.1, 0.15) is 21.7 Å². The molecule has 0 bridgehead atoms. The predicted molar refractivity (Wildman–Crippen MR) is 124 cm³/mol. The second-order valence-corrected chi connectivity index (χ2v) is 8.76.